The van der Waals surface area contributed by atoms with Gasteiger partial charge in [-0.3, -0.25) is 5.43 Å². The van der Waals surface area contributed by atoms with Gasteiger partial charge < -0.3 is 9.32 Å². The van der Waals surface area contributed by atoms with Crippen molar-refractivity contribution in [2.45, 2.75) is 58.3 Å². The lowest BCUT2D eigenvalue weighted by molar-refractivity contribution is 0.546. The summed E-state index contributed by atoms with van der Waals surface area (Å²) in [5.41, 5.74) is 8.42. The predicted molar refractivity (Wildman–Crippen MR) is 117 cm³/mol. The number of pyridine rings is 1. The molecule has 1 aliphatic carbocycles. The molecule has 2 aromatic heterocycles. The molecule has 0 unspecified atom stereocenters. The van der Waals surface area contributed by atoms with E-state index in [2.05, 4.69) is 33.3 Å². The van der Waals surface area contributed by atoms with E-state index < -0.39 is 0 Å². The van der Waals surface area contributed by atoms with Crippen LogP contribution < -0.4 is 10.3 Å². The number of rotatable bonds is 5. The van der Waals surface area contributed by atoms with E-state index in [1.165, 1.54) is 49.8 Å². The summed E-state index contributed by atoms with van der Waals surface area (Å²) in [4.78, 5) is 7.65. The Bertz CT molecular complexity index is 908. The summed E-state index contributed by atoms with van der Waals surface area (Å²) in [5.74, 6) is 2.82. The lowest BCUT2D eigenvalue weighted by atomic mass is 9.93. The maximum absolute atomic E-state index is 6.14. The summed E-state index contributed by atoms with van der Waals surface area (Å²) in [5, 5.41) is 7.85. The zero-order valence-electron chi connectivity index (χ0n) is 17.6. The van der Waals surface area contributed by atoms with Crippen LogP contribution in [0.5, 0.6) is 0 Å². The maximum atomic E-state index is 6.14. The van der Waals surface area contributed by atoms with Gasteiger partial charge in [-0.2, -0.15) is 5.11 Å². The number of hydrogen-bond acceptors (Lipinski definition) is 5. The van der Waals surface area contributed by atoms with E-state index in [9.17, 15) is 0 Å². The molecule has 154 valence electrons. The number of piperidine rings is 1. The van der Waals surface area contributed by atoms with Crippen LogP contribution >= 0.6 is 0 Å². The Morgan fingerprint density at radius 1 is 1.10 bits per heavy atom. The van der Waals surface area contributed by atoms with Crippen LogP contribution in [-0.4, -0.2) is 25.1 Å². The van der Waals surface area contributed by atoms with Crippen molar-refractivity contribution in [1.82, 2.24) is 10.4 Å². The highest BCUT2D eigenvalue weighted by atomic mass is 16.3. The van der Waals surface area contributed by atoms with Crippen molar-refractivity contribution in [1.29, 1.82) is 0 Å². The number of aromatic nitrogens is 1. The van der Waals surface area contributed by atoms with Gasteiger partial charge in [0.15, 0.2) is 0 Å². The number of hydrogen-bond donors (Lipinski definition) is 1. The van der Waals surface area contributed by atoms with E-state index in [-0.39, 0.29) is 0 Å². The third kappa shape index (κ3) is 4.07. The van der Waals surface area contributed by atoms with Gasteiger partial charge in [0.05, 0.1) is 18.3 Å². The second-order valence-corrected chi connectivity index (χ2v) is 8.02. The summed E-state index contributed by atoms with van der Waals surface area (Å²) in [6, 6.07) is 4.11. The first-order chi connectivity index (χ1) is 14.2. The quantitative estimate of drug-likeness (QED) is 0.416. The Labute approximate surface area is 173 Å². The SMILES string of the molecule is C=C(NN=NC)c1c(N2CCCCC2)nc2c(c1-c1ccc(C)o1)CCCCC2. The average molecular weight is 394 g/mol. The van der Waals surface area contributed by atoms with Gasteiger partial charge >= 0.3 is 0 Å². The Kier molecular flexibility index (Phi) is 5.97. The molecule has 6 heteroatoms. The van der Waals surface area contributed by atoms with Gasteiger partial charge in [0.25, 0.3) is 0 Å². The van der Waals surface area contributed by atoms with Crippen molar-refractivity contribution < 1.29 is 4.42 Å². The van der Waals surface area contributed by atoms with E-state index in [0.717, 1.165) is 60.1 Å². The molecular weight excluding hydrogens is 362 g/mol. The van der Waals surface area contributed by atoms with Crippen LogP contribution in [-0.2, 0) is 12.8 Å². The molecular formula is C23H31N5O. The van der Waals surface area contributed by atoms with E-state index in [4.69, 9.17) is 9.40 Å². The molecule has 0 amide bonds. The third-order valence-electron chi connectivity index (χ3n) is 5.93. The zero-order chi connectivity index (χ0) is 20.2. The fourth-order valence-corrected chi connectivity index (χ4v) is 4.53. The lowest BCUT2D eigenvalue weighted by Gasteiger charge is -2.32. The zero-order valence-corrected chi connectivity index (χ0v) is 17.6. The van der Waals surface area contributed by atoms with Gasteiger partial charge in [-0.1, -0.05) is 18.2 Å². The minimum Gasteiger partial charge on any atom is -0.461 e. The lowest BCUT2D eigenvalue weighted by Crippen LogP contribution is -2.32. The van der Waals surface area contributed by atoms with Gasteiger partial charge in [-0.15, -0.1) is 0 Å². The van der Waals surface area contributed by atoms with Crippen molar-refractivity contribution >= 4 is 11.5 Å². The molecule has 1 fully saturated rings. The monoisotopic (exact) mass is 393 g/mol. The first-order valence-electron chi connectivity index (χ1n) is 10.8. The molecule has 0 radical (unpaired) electrons. The Morgan fingerprint density at radius 2 is 1.86 bits per heavy atom. The Hall–Kier alpha value is -2.63. The van der Waals surface area contributed by atoms with E-state index in [1.807, 2.05) is 13.0 Å². The standard InChI is InChI=1S/C23H31N5O/c1-16-12-13-20(29-16)22-18-10-6-4-7-11-19(18)25-23(28-14-8-5-9-15-28)21(22)17(2)26-27-24-3/h12-13H,2,4-11,14-15H2,1,3H3,(H,24,26). The van der Waals surface area contributed by atoms with Crippen molar-refractivity contribution in [3.8, 4) is 11.3 Å². The molecule has 0 bridgehead atoms. The largest absolute Gasteiger partial charge is 0.461 e. The van der Waals surface area contributed by atoms with Crippen LogP contribution in [0.15, 0.2) is 33.5 Å². The van der Waals surface area contributed by atoms with Gasteiger partial charge in [0, 0.05) is 24.3 Å². The van der Waals surface area contributed by atoms with Gasteiger partial charge in [-0.25, -0.2) is 4.98 Å². The third-order valence-corrected chi connectivity index (χ3v) is 5.93. The number of nitrogens with one attached hydrogen (secondary N) is 1. The van der Waals surface area contributed by atoms with Crippen LogP contribution in [0.1, 0.15) is 61.1 Å². The van der Waals surface area contributed by atoms with Crippen molar-refractivity contribution in [3.05, 3.63) is 41.3 Å². The summed E-state index contributed by atoms with van der Waals surface area (Å²) in [6.45, 7) is 8.35. The van der Waals surface area contributed by atoms with Crippen molar-refractivity contribution in [2.75, 3.05) is 25.0 Å². The van der Waals surface area contributed by atoms with Gasteiger partial charge in [0.1, 0.15) is 17.3 Å². The molecule has 6 nitrogen and oxygen atoms in total. The number of furan rings is 1. The number of anilines is 1. The second kappa shape index (κ2) is 8.80. The molecule has 1 saturated heterocycles. The highest BCUT2D eigenvalue weighted by Gasteiger charge is 2.28. The molecule has 3 heterocycles. The van der Waals surface area contributed by atoms with Crippen LogP contribution in [0.3, 0.4) is 0 Å². The molecule has 1 aliphatic heterocycles. The molecule has 0 aromatic carbocycles. The molecule has 4 rings (SSSR count). The fourth-order valence-electron chi connectivity index (χ4n) is 4.53. The summed E-state index contributed by atoms with van der Waals surface area (Å²) in [7, 11) is 1.65. The minimum absolute atomic E-state index is 0.722. The smallest absolute Gasteiger partial charge is 0.139 e. The van der Waals surface area contributed by atoms with Gasteiger partial charge in [0.2, 0.25) is 0 Å². The molecule has 0 atom stereocenters. The fraction of sp³-hybridized carbons (Fsp3) is 0.522. The molecule has 2 aromatic rings. The van der Waals surface area contributed by atoms with E-state index >= 15 is 0 Å². The van der Waals surface area contributed by atoms with Gasteiger partial charge in [-0.05, 0) is 69.6 Å². The Balaban J connectivity index is 1.96. The highest BCUT2D eigenvalue weighted by Crippen LogP contribution is 2.41. The second-order valence-electron chi connectivity index (χ2n) is 8.02. The summed E-state index contributed by atoms with van der Waals surface area (Å²) in [6.07, 6.45) is 9.33. The normalized spacial score (nSPS) is 17.2. The Morgan fingerprint density at radius 3 is 2.59 bits per heavy atom. The average Bonchev–Trinajstić information content (AvgIpc) is 3.03. The molecule has 0 saturated carbocycles. The maximum Gasteiger partial charge on any atom is 0.139 e. The highest BCUT2D eigenvalue weighted by molar-refractivity contribution is 5.87. The van der Waals surface area contributed by atoms with E-state index in [1.54, 1.807) is 7.05 Å². The molecule has 0 spiro atoms. The van der Waals surface area contributed by atoms with Crippen LogP contribution in [0.25, 0.3) is 17.0 Å². The number of aryl methyl sites for hydroxylation is 2. The molecule has 29 heavy (non-hydrogen) atoms. The summed E-state index contributed by atoms with van der Waals surface area (Å²) >= 11 is 0. The summed E-state index contributed by atoms with van der Waals surface area (Å²) < 4.78 is 6.14. The molecule has 1 N–H and O–H groups in total. The van der Waals surface area contributed by atoms with Crippen LogP contribution in [0.4, 0.5) is 5.82 Å². The topological polar surface area (TPSA) is 66.0 Å². The van der Waals surface area contributed by atoms with Crippen molar-refractivity contribution in [2.24, 2.45) is 10.3 Å². The predicted octanol–water partition coefficient (Wildman–Crippen LogP) is 5.47. The first kappa shape index (κ1) is 19.7. The molecule has 2 aliphatic rings. The number of nitrogens with zero attached hydrogens (tertiary/aromatic N) is 4. The minimum atomic E-state index is 0.722. The van der Waals surface area contributed by atoms with E-state index in [0.29, 0.717) is 0 Å². The van der Waals surface area contributed by atoms with Crippen molar-refractivity contribution in [3.63, 3.8) is 0 Å². The van der Waals surface area contributed by atoms with Crippen LogP contribution in [0.2, 0.25) is 0 Å². The van der Waals surface area contributed by atoms with Crippen LogP contribution in [0, 0.1) is 6.92 Å². The first-order valence-corrected chi connectivity index (χ1v) is 10.8. The number of fused-ring (bicyclic) bond motifs is 1.